The number of unbranched alkanes of at least 4 members (excludes halogenated alkanes) is 5. The van der Waals surface area contributed by atoms with E-state index in [-0.39, 0.29) is 0 Å². The van der Waals surface area contributed by atoms with Gasteiger partial charge in [-0.3, -0.25) is 0 Å². The van der Waals surface area contributed by atoms with Gasteiger partial charge < -0.3 is 0 Å². The average molecular weight is 232 g/mol. The zero-order chi connectivity index (χ0) is 12.3. The Morgan fingerprint density at radius 3 is 2.65 bits per heavy atom. The highest BCUT2D eigenvalue weighted by molar-refractivity contribution is 4.97. The van der Waals surface area contributed by atoms with Crippen molar-refractivity contribution in [3.05, 3.63) is 42.7 Å². The molecule has 0 radical (unpaired) electrons. The Kier molecular flexibility index (Phi) is 7.37. The SMILES string of the molecule is C=CC[n+]1ccccc1CCCCCCCC. The van der Waals surface area contributed by atoms with E-state index in [1.165, 1.54) is 50.6 Å². The molecule has 1 aromatic rings. The highest BCUT2D eigenvalue weighted by Crippen LogP contribution is 2.07. The van der Waals surface area contributed by atoms with E-state index in [9.17, 15) is 0 Å². The molecule has 0 aromatic carbocycles. The number of hydrogen-bond acceptors (Lipinski definition) is 0. The van der Waals surface area contributed by atoms with E-state index in [4.69, 9.17) is 0 Å². The summed E-state index contributed by atoms with van der Waals surface area (Å²) in [6.07, 6.45) is 13.5. The van der Waals surface area contributed by atoms with Crippen LogP contribution in [0.5, 0.6) is 0 Å². The molecule has 0 aliphatic rings. The van der Waals surface area contributed by atoms with Gasteiger partial charge in [-0.1, -0.05) is 51.7 Å². The van der Waals surface area contributed by atoms with Gasteiger partial charge >= 0.3 is 0 Å². The second-order valence-electron chi connectivity index (χ2n) is 4.65. The van der Waals surface area contributed by atoms with Crippen molar-refractivity contribution in [2.45, 2.75) is 58.4 Å². The van der Waals surface area contributed by atoms with E-state index in [2.05, 4.69) is 42.5 Å². The van der Waals surface area contributed by atoms with Crippen LogP contribution in [-0.2, 0) is 13.0 Å². The Balaban J connectivity index is 2.28. The van der Waals surface area contributed by atoms with E-state index in [0.29, 0.717) is 0 Å². The van der Waals surface area contributed by atoms with Gasteiger partial charge in [-0.15, -0.1) is 0 Å². The Labute approximate surface area is 106 Å². The van der Waals surface area contributed by atoms with Crippen LogP contribution in [0.15, 0.2) is 37.1 Å². The third-order valence-corrected chi connectivity index (χ3v) is 3.15. The van der Waals surface area contributed by atoms with Crippen LogP contribution in [0.3, 0.4) is 0 Å². The lowest BCUT2D eigenvalue weighted by Crippen LogP contribution is -2.36. The fraction of sp³-hybridized carbons (Fsp3) is 0.562. The van der Waals surface area contributed by atoms with Crippen LogP contribution in [0.4, 0.5) is 0 Å². The Morgan fingerprint density at radius 2 is 1.88 bits per heavy atom. The van der Waals surface area contributed by atoms with Gasteiger partial charge in [0, 0.05) is 18.6 Å². The fourth-order valence-electron chi connectivity index (χ4n) is 2.14. The maximum atomic E-state index is 3.81. The second-order valence-corrected chi connectivity index (χ2v) is 4.65. The van der Waals surface area contributed by atoms with E-state index in [1.54, 1.807) is 0 Å². The lowest BCUT2D eigenvalue weighted by molar-refractivity contribution is -0.694. The minimum Gasteiger partial charge on any atom is -0.199 e. The average Bonchev–Trinajstić information content (AvgIpc) is 2.36. The molecule has 0 aliphatic carbocycles. The summed E-state index contributed by atoms with van der Waals surface area (Å²) in [6, 6.07) is 6.45. The first-order chi connectivity index (χ1) is 8.38. The van der Waals surface area contributed by atoms with Crippen LogP contribution in [0, 0.1) is 0 Å². The van der Waals surface area contributed by atoms with Gasteiger partial charge in [0.2, 0.25) is 0 Å². The van der Waals surface area contributed by atoms with Crippen molar-refractivity contribution in [1.29, 1.82) is 0 Å². The van der Waals surface area contributed by atoms with E-state index < -0.39 is 0 Å². The molecule has 1 rings (SSSR count). The molecule has 1 heteroatoms. The summed E-state index contributed by atoms with van der Waals surface area (Å²) in [6.45, 7) is 7.00. The van der Waals surface area contributed by atoms with Crippen molar-refractivity contribution in [3.8, 4) is 0 Å². The summed E-state index contributed by atoms with van der Waals surface area (Å²) in [5.41, 5.74) is 1.43. The Hall–Kier alpha value is -1.11. The number of allylic oxidation sites excluding steroid dienone is 1. The lowest BCUT2D eigenvalue weighted by atomic mass is 10.1. The van der Waals surface area contributed by atoms with Crippen molar-refractivity contribution in [1.82, 2.24) is 0 Å². The van der Waals surface area contributed by atoms with Crippen LogP contribution < -0.4 is 4.57 Å². The number of aryl methyl sites for hydroxylation is 1. The number of nitrogens with zero attached hydrogens (tertiary/aromatic N) is 1. The third-order valence-electron chi connectivity index (χ3n) is 3.15. The van der Waals surface area contributed by atoms with Crippen LogP contribution in [0.2, 0.25) is 0 Å². The number of rotatable bonds is 9. The molecule has 0 bridgehead atoms. The molecule has 17 heavy (non-hydrogen) atoms. The topological polar surface area (TPSA) is 3.88 Å². The van der Waals surface area contributed by atoms with Gasteiger partial charge in [-0.25, -0.2) is 0 Å². The number of hydrogen-bond donors (Lipinski definition) is 0. The van der Waals surface area contributed by atoms with Crippen molar-refractivity contribution in [2.24, 2.45) is 0 Å². The van der Waals surface area contributed by atoms with Crippen LogP contribution in [0.25, 0.3) is 0 Å². The highest BCUT2D eigenvalue weighted by atomic mass is 14.9. The molecule has 0 saturated carbocycles. The van der Waals surface area contributed by atoms with Crippen molar-refractivity contribution < 1.29 is 4.57 Å². The molecule has 0 saturated heterocycles. The third kappa shape index (κ3) is 5.67. The van der Waals surface area contributed by atoms with E-state index in [1.807, 2.05) is 6.08 Å². The second kappa shape index (κ2) is 8.98. The molecule has 0 fully saturated rings. The molecule has 0 N–H and O–H groups in total. The molecular weight excluding hydrogens is 206 g/mol. The minimum absolute atomic E-state index is 0.923. The summed E-state index contributed by atoms with van der Waals surface area (Å²) >= 11 is 0. The molecule has 0 atom stereocenters. The summed E-state index contributed by atoms with van der Waals surface area (Å²) in [4.78, 5) is 0. The first kappa shape index (κ1) is 14.0. The molecule has 0 spiro atoms. The largest absolute Gasteiger partial charge is 0.199 e. The number of aromatic nitrogens is 1. The molecular formula is C16H26N+. The highest BCUT2D eigenvalue weighted by Gasteiger charge is 2.06. The van der Waals surface area contributed by atoms with Crippen molar-refractivity contribution in [2.75, 3.05) is 0 Å². The standard InChI is InChI=1S/C16H26N/c1-3-5-6-7-8-9-12-16-13-10-11-15-17(16)14-4-2/h4,10-11,13,15H,2-3,5-9,12,14H2,1H3/q+1. The molecule has 94 valence electrons. The van der Waals surface area contributed by atoms with Gasteiger partial charge in [-0.2, -0.15) is 4.57 Å². The van der Waals surface area contributed by atoms with Gasteiger partial charge in [0.05, 0.1) is 0 Å². The minimum atomic E-state index is 0.923. The zero-order valence-electron chi connectivity index (χ0n) is 11.2. The quantitative estimate of drug-likeness (QED) is 0.343. The molecule has 0 amide bonds. The molecule has 0 aliphatic heterocycles. The van der Waals surface area contributed by atoms with Crippen LogP contribution >= 0.6 is 0 Å². The lowest BCUT2D eigenvalue weighted by Gasteiger charge is -2.02. The molecule has 1 aromatic heterocycles. The predicted molar refractivity (Wildman–Crippen MR) is 73.9 cm³/mol. The summed E-state index contributed by atoms with van der Waals surface area (Å²) in [5, 5.41) is 0. The normalized spacial score (nSPS) is 10.4. The van der Waals surface area contributed by atoms with Crippen LogP contribution in [0.1, 0.15) is 51.1 Å². The monoisotopic (exact) mass is 232 g/mol. The molecule has 0 unspecified atom stereocenters. The molecule has 1 nitrogen and oxygen atoms in total. The summed E-state index contributed by atoms with van der Waals surface area (Å²) < 4.78 is 2.29. The van der Waals surface area contributed by atoms with Crippen molar-refractivity contribution in [3.63, 3.8) is 0 Å². The van der Waals surface area contributed by atoms with Crippen molar-refractivity contribution >= 4 is 0 Å². The predicted octanol–water partition coefficient (Wildman–Crippen LogP) is 4.06. The van der Waals surface area contributed by atoms with Crippen LogP contribution in [-0.4, -0.2) is 0 Å². The number of pyridine rings is 1. The van der Waals surface area contributed by atoms with Gasteiger partial charge in [0.1, 0.15) is 0 Å². The first-order valence-electron chi connectivity index (χ1n) is 6.96. The zero-order valence-corrected chi connectivity index (χ0v) is 11.2. The summed E-state index contributed by atoms with van der Waals surface area (Å²) in [5.74, 6) is 0. The molecule has 1 heterocycles. The first-order valence-corrected chi connectivity index (χ1v) is 6.96. The van der Waals surface area contributed by atoms with Gasteiger partial charge in [0.15, 0.2) is 18.4 Å². The Morgan fingerprint density at radius 1 is 1.12 bits per heavy atom. The fourth-order valence-corrected chi connectivity index (χ4v) is 2.14. The smallest absolute Gasteiger partial charge is 0.181 e. The maximum absolute atomic E-state index is 3.81. The van der Waals surface area contributed by atoms with E-state index in [0.717, 1.165) is 6.54 Å². The van der Waals surface area contributed by atoms with Gasteiger partial charge in [-0.05, 0) is 12.5 Å². The van der Waals surface area contributed by atoms with Gasteiger partial charge in [0.25, 0.3) is 0 Å². The summed E-state index contributed by atoms with van der Waals surface area (Å²) in [7, 11) is 0. The van der Waals surface area contributed by atoms with E-state index >= 15 is 0 Å². The maximum Gasteiger partial charge on any atom is 0.181 e. The Bertz CT molecular complexity index is 317.